The van der Waals surface area contributed by atoms with Crippen molar-refractivity contribution in [3.8, 4) is 0 Å². The molecule has 3 aromatic rings. The Labute approximate surface area is 237 Å². The molecule has 1 aliphatic carbocycles. The molecule has 0 radical (unpaired) electrons. The summed E-state index contributed by atoms with van der Waals surface area (Å²) >= 11 is 0. The van der Waals surface area contributed by atoms with Gasteiger partial charge in [-0.05, 0) is 55.7 Å². The Balaban J connectivity index is 1.32. The maximum absolute atomic E-state index is 13.8. The summed E-state index contributed by atoms with van der Waals surface area (Å²) in [7, 11) is -3.68. The van der Waals surface area contributed by atoms with Crippen LogP contribution in [-0.4, -0.2) is 43.8 Å². The Kier molecular flexibility index (Phi) is 8.45. The average molecular weight is 562 g/mol. The fourth-order valence-electron chi connectivity index (χ4n) is 6.19. The third-order valence-corrected chi connectivity index (χ3v) is 10.1. The standard InChI is InChI=1S/C32H39N3O4S/c1-3-27(32(37)33-26-15-5-4-6-16-26)34(22-24-12-7-11-23(2)21-24)30(36)19-10-20-35-28-17-8-13-25-14-9-18-29(31(25)28)40(35,38)39/h7-9,11-14,17-18,21,26-27H,3-6,10,15-16,19-20,22H2,1-2H3,(H,33,37)/t27-/m1/s1. The molecule has 0 saturated heterocycles. The molecule has 8 heteroatoms. The second kappa shape index (κ2) is 12.0. The number of carbonyl (C=O) groups is 2. The van der Waals surface area contributed by atoms with Crippen LogP contribution in [0, 0.1) is 6.92 Å². The molecule has 1 fully saturated rings. The molecular weight excluding hydrogens is 522 g/mol. The minimum absolute atomic E-state index is 0.0975. The summed E-state index contributed by atoms with van der Waals surface area (Å²) in [5.74, 6) is -0.237. The van der Waals surface area contributed by atoms with Gasteiger partial charge in [0.25, 0.3) is 10.0 Å². The fraction of sp³-hybridized carbons (Fsp3) is 0.438. The van der Waals surface area contributed by atoms with Gasteiger partial charge in [-0.3, -0.25) is 13.9 Å². The highest BCUT2D eigenvalue weighted by molar-refractivity contribution is 7.93. The van der Waals surface area contributed by atoms with Crippen molar-refractivity contribution in [2.45, 2.75) is 88.7 Å². The molecular formula is C32H39N3O4S. The van der Waals surface area contributed by atoms with Gasteiger partial charge in [-0.25, -0.2) is 8.42 Å². The van der Waals surface area contributed by atoms with Crippen LogP contribution >= 0.6 is 0 Å². The summed E-state index contributed by atoms with van der Waals surface area (Å²) in [6.45, 7) is 4.49. The number of nitrogens with one attached hydrogen (secondary N) is 1. The third kappa shape index (κ3) is 5.73. The summed E-state index contributed by atoms with van der Waals surface area (Å²) in [4.78, 5) is 29.2. The molecule has 1 heterocycles. The van der Waals surface area contributed by atoms with Crippen LogP contribution in [0.4, 0.5) is 5.69 Å². The van der Waals surface area contributed by atoms with Gasteiger partial charge >= 0.3 is 0 Å². The topological polar surface area (TPSA) is 86.8 Å². The van der Waals surface area contributed by atoms with E-state index in [-0.39, 0.29) is 30.8 Å². The highest BCUT2D eigenvalue weighted by Crippen LogP contribution is 2.42. The van der Waals surface area contributed by atoms with Crippen LogP contribution in [0.25, 0.3) is 10.8 Å². The number of nitrogens with zero attached hydrogens (tertiary/aromatic N) is 2. The molecule has 0 bridgehead atoms. The van der Waals surface area contributed by atoms with E-state index in [0.29, 0.717) is 30.0 Å². The molecule has 5 rings (SSSR count). The minimum atomic E-state index is -3.68. The summed E-state index contributed by atoms with van der Waals surface area (Å²) in [6, 6.07) is 18.5. The molecule has 0 unspecified atom stereocenters. The Morgan fingerprint density at radius 3 is 2.48 bits per heavy atom. The van der Waals surface area contributed by atoms with E-state index >= 15 is 0 Å². The van der Waals surface area contributed by atoms with Crippen LogP contribution in [0.3, 0.4) is 0 Å². The molecule has 1 saturated carbocycles. The molecule has 0 aromatic heterocycles. The Bertz CT molecular complexity index is 1490. The predicted octanol–water partition coefficient (Wildman–Crippen LogP) is 5.69. The van der Waals surface area contributed by atoms with Crippen molar-refractivity contribution in [2.75, 3.05) is 10.8 Å². The molecule has 0 spiro atoms. The first-order valence-corrected chi connectivity index (χ1v) is 15.9. The molecule has 2 aliphatic rings. The van der Waals surface area contributed by atoms with E-state index < -0.39 is 16.1 Å². The van der Waals surface area contributed by atoms with Gasteiger partial charge < -0.3 is 10.2 Å². The molecule has 3 aromatic carbocycles. The number of benzene rings is 3. The van der Waals surface area contributed by atoms with Gasteiger partial charge in [0.05, 0.1) is 10.6 Å². The van der Waals surface area contributed by atoms with Crippen LogP contribution in [0.15, 0.2) is 65.6 Å². The lowest BCUT2D eigenvalue weighted by molar-refractivity contribution is -0.141. The van der Waals surface area contributed by atoms with Crippen molar-refractivity contribution in [3.63, 3.8) is 0 Å². The summed E-state index contributed by atoms with van der Waals surface area (Å²) in [5.41, 5.74) is 2.73. The van der Waals surface area contributed by atoms with Crippen LogP contribution in [0.5, 0.6) is 0 Å². The summed E-state index contributed by atoms with van der Waals surface area (Å²) in [6.07, 6.45) is 6.41. The van der Waals surface area contributed by atoms with Crippen molar-refractivity contribution in [1.29, 1.82) is 0 Å². The van der Waals surface area contributed by atoms with Crippen LogP contribution < -0.4 is 9.62 Å². The number of aryl methyl sites for hydroxylation is 1. The number of anilines is 1. The maximum Gasteiger partial charge on any atom is 0.265 e. The summed E-state index contributed by atoms with van der Waals surface area (Å²) < 4.78 is 28.1. The van der Waals surface area contributed by atoms with E-state index in [2.05, 4.69) is 5.32 Å². The molecule has 1 N–H and O–H groups in total. The Morgan fingerprint density at radius 1 is 1.02 bits per heavy atom. The lowest BCUT2D eigenvalue weighted by atomic mass is 9.95. The Morgan fingerprint density at radius 2 is 1.75 bits per heavy atom. The SMILES string of the molecule is CC[C@H](C(=O)NC1CCCCC1)N(Cc1cccc(C)c1)C(=O)CCCN1c2cccc3cccc(c23)S1(=O)=O. The molecule has 212 valence electrons. The highest BCUT2D eigenvalue weighted by atomic mass is 32.2. The van der Waals surface area contributed by atoms with Gasteiger partial charge in [-0.2, -0.15) is 0 Å². The van der Waals surface area contributed by atoms with Crippen LogP contribution in [-0.2, 0) is 26.2 Å². The second-order valence-corrected chi connectivity index (χ2v) is 12.9. The maximum atomic E-state index is 13.8. The third-order valence-electron chi connectivity index (χ3n) is 8.21. The van der Waals surface area contributed by atoms with Crippen molar-refractivity contribution in [2.24, 2.45) is 0 Å². The molecule has 2 amide bonds. The van der Waals surface area contributed by atoms with E-state index in [1.54, 1.807) is 17.0 Å². The van der Waals surface area contributed by atoms with Gasteiger partial charge in [-0.15, -0.1) is 0 Å². The average Bonchev–Trinajstić information content (AvgIpc) is 3.16. The van der Waals surface area contributed by atoms with Gasteiger partial charge in [0.15, 0.2) is 0 Å². The first-order chi connectivity index (χ1) is 19.3. The van der Waals surface area contributed by atoms with Crippen molar-refractivity contribution in [3.05, 3.63) is 71.8 Å². The normalized spacial score (nSPS) is 17.1. The lowest BCUT2D eigenvalue weighted by Crippen LogP contribution is -2.51. The van der Waals surface area contributed by atoms with E-state index in [0.717, 1.165) is 47.6 Å². The number of hydrogen-bond acceptors (Lipinski definition) is 4. The number of hydrogen-bond donors (Lipinski definition) is 1. The first-order valence-electron chi connectivity index (χ1n) is 14.5. The second-order valence-electron chi connectivity index (χ2n) is 11.1. The molecule has 1 atom stereocenters. The number of rotatable bonds is 10. The van der Waals surface area contributed by atoms with Gasteiger partial charge in [0, 0.05) is 30.9 Å². The lowest BCUT2D eigenvalue weighted by Gasteiger charge is -2.33. The zero-order valence-corrected chi connectivity index (χ0v) is 24.3. The van der Waals surface area contributed by atoms with E-state index in [4.69, 9.17) is 0 Å². The van der Waals surface area contributed by atoms with Crippen molar-refractivity contribution in [1.82, 2.24) is 10.2 Å². The van der Waals surface area contributed by atoms with Gasteiger partial charge in [-0.1, -0.05) is 80.3 Å². The van der Waals surface area contributed by atoms with E-state index in [1.807, 2.05) is 62.4 Å². The zero-order chi connectivity index (χ0) is 28.3. The molecule has 40 heavy (non-hydrogen) atoms. The molecule has 1 aliphatic heterocycles. The van der Waals surface area contributed by atoms with Crippen LogP contribution in [0.2, 0.25) is 0 Å². The monoisotopic (exact) mass is 561 g/mol. The van der Waals surface area contributed by atoms with Crippen molar-refractivity contribution < 1.29 is 18.0 Å². The quantitative estimate of drug-likeness (QED) is 0.344. The largest absolute Gasteiger partial charge is 0.352 e. The first kappa shape index (κ1) is 28.1. The number of carbonyl (C=O) groups excluding carboxylic acids is 2. The van der Waals surface area contributed by atoms with Gasteiger partial charge in [0.1, 0.15) is 6.04 Å². The molecule has 7 nitrogen and oxygen atoms in total. The summed E-state index contributed by atoms with van der Waals surface area (Å²) in [5, 5.41) is 4.84. The minimum Gasteiger partial charge on any atom is -0.352 e. The van der Waals surface area contributed by atoms with E-state index in [1.165, 1.54) is 10.7 Å². The van der Waals surface area contributed by atoms with Crippen LogP contribution in [0.1, 0.15) is 69.4 Å². The van der Waals surface area contributed by atoms with E-state index in [9.17, 15) is 18.0 Å². The van der Waals surface area contributed by atoms with Gasteiger partial charge in [0.2, 0.25) is 11.8 Å². The smallest absolute Gasteiger partial charge is 0.265 e. The van der Waals surface area contributed by atoms with Crippen molar-refractivity contribution >= 4 is 38.3 Å². The number of amides is 2. The predicted molar refractivity (Wildman–Crippen MR) is 159 cm³/mol. The number of sulfonamides is 1. The Hall–Kier alpha value is -3.39. The fourth-order valence-corrected chi connectivity index (χ4v) is 7.94. The highest BCUT2D eigenvalue weighted by Gasteiger charge is 2.36. The zero-order valence-electron chi connectivity index (χ0n) is 23.4.